The van der Waals surface area contributed by atoms with Gasteiger partial charge >= 0.3 is 0 Å². The lowest BCUT2D eigenvalue weighted by atomic mass is 9.80. The standard InChI is InChI=1S/C16H20O5/c1-15-7-11-10(8-19-15)14(20-16(11,2)21-15)9-4-5-12(17)13(6-9)18-3/h4-6,10-11,14,17H,7-8H2,1-3H3/t10-,11+,14+,15-,16+/m0/s1. The van der Waals surface area contributed by atoms with E-state index in [4.69, 9.17) is 18.9 Å². The first-order valence-corrected chi connectivity index (χ1v) is 7.33. The predicted molar refractivity (Wildman–Crippen MR) is 73.9 cm³/mol. The van der Waals surface area contributed by atoms with Crippen molar-refractivity contribution in [2.75, 3.05) is 13.7 Å². The molecule has 0 aliphatic carbocycles. The molecule has 0 aromatic heterocycles. The lowest BCUT2D eigenvalue weighted by molar-refractivity contribution is -0.320. The predicted octanol–water partition coefficient (Wildman–Crippen LogP) is 2.59. The van der Waals surface area contributed by atoms with Crippen LogP contribution in [0.1, 0.15) is 31.9 Å². The molecular weight excluding hydrogens is 272 g/mol. The van der Waals surface area contributed by atoms with Gasteiger partial charge in [-0.2, -0.15) is 0 Å². The molecule has 3 aliphatic heterocycles. The molecule has 3 fully saturated rings. The molecular formula is C16H20O5. The maximum absolute atomic E-state index is 9.74. The number of methoxy groups -OCH3 is 1. The molecule has 4 rings (SSSR count). The molecule has 5 heteroatoms. The molecule has 0 saturated carbocycles. The Kier molecular flexibility index (Phi) is 2.62. The van der Waals surface area contributed by atoms with Crippen molar-refractivity contribution in [3.8, 4) is 11.5 Å². The molecule has 21 heavy (non-hydrogen) atoms. The summed E-state index contributed by atoms with van der Waals surface area (Å²) in [5.74, 6) is 0.0928. The van der Waals surface area contributed by atoms with Crippen molar-refractivity contribution in [3.63, 3.8) is 0 Å². The van der Waals surface area contributed by atoms with Crippen LogP contribution in [-0.4, -0.2) is 30.4 Å². The highest BCUT2D eigenvalue weighted by atomic mass is 16.8. The van der Waals surface area contributed by atoms with Crippen molar-refractivity contribution in [1.29, 1.82) is 0 Å². The molecule has 3 aliphatic rings. The minimum Gasteiger partial charge on any atom is -0.504 e. The van der Waals surface area contributed by atoms with Gasteiger partial charge in [-0.1, -0.05) is 6.07 Å². The van der Waals surface area contributed by atoms with Crippen LogP contribution in [-0.2, 0) is 14.2 Å². The minimum absolute atomic E-state index is 0.0978. The summed E-state index contributed by atoms with van der Waals surface area (Å²) >= 11 is 0. The van der Waals surface area contributed by atoms with Gasteiger partial charge in [0.2, 0.25) is 0 Å². The molecule has 5 nitrogen and oxygen atoms in total. The largest absolute Gasteiger partial charge is 0.504 e. The Morgan fingerprint density at radius 2 is 2.14 bits per heavy atom. The molecule has 5 atom stereocenters. The molecule has 1 N–H and O–H groups in total. The topological polar surface area (TPSA) is 57.2 Å². The molecule has 0 amide bonds. The lowest BCUT2D eigenvalue weighted by Crippen LogP contribution is -2.38. The van der Waals surface area contributed by atoms with E-state index in [2.05, 4.69) is 0 Å². The number of phenols is 1. The van der Waals surface area contributed by atoms with Gasteiger partial charge < -0.3 is 24.1 Å². The summed E-state index contributed by atoms with van der Waals surface area (Å²) in [5, 5.41) is 9.74. The van der Waals surface area contributed by atoms with Crippen LogP contribution in [0.15, 0.2) is 18.2 Å². The molecule has 0 spiro atoms. The fourth-order valence-corrected chi connectivity index (χ4v) is 4.08. The molecule has 1 aromatic rings. The number of fused-ring (bicyclic) bond motifs is 1. The number of phenolic OH excluding ortho intramolecular Hbond substituents is 1. The van der Waals surface area contributed by atoms with Gasteiger partial charge in [-0.3, -0.25) is 0 Å². The number of aromatic hydroxyl groups is 1. The minimum atomic E-state index is -0.592. The van der Waals surface area contributed by atoms with E-state index >= 15 is 0 Å². The van der Waals surface area contributed by atoms with Gasteiger partial charge in [0.15, 0.2) is 23.1 Å². The summed E-state index contributed by atoms with van der Waals surface area (Å²) in [7, 11) is 1.54. The Hall–Kier alpha value is -1.30. The second-order valence-electron chi connectivity index (χ2n) is 6.51. The van der Waals surface area contributed by atoms with Crippen molar-refractivity contribution < 1.29 is 24.1 Å². The lowest BCUT2D eigenvalue weighted by Gasteiger charge is -2.35. The van der Waals surface area contributed by atoms with Gasteiger partial charge in [0.05, 0.1) is 19.8 Å². The van der Waals surface area contributed by atoms with Gasteiger partial charge in [-0.25, -0.2) is 0 Å². The van der Waals surface area contributed by atoms with Crippen LogP contribution >= 0.6 is 0 Å². The molecule has 3 saturated heterocycles. The summed E-state index contributed by atoms with van der Waals surface area (Å²) in [6, 6.07) is 5.35. The number of hydrogen-bond donors (Lipinski definition) is 1. The van der Waals surface area contributed by atoms with Gasteiger partial charge in [0.25, 0.3) is 0 Å². The van der Waals surface area contributed by atoms with Crippen LogP contribution in [0.4, 0.5) is 0 Å². The summed E-state index contributed by atoms with van der Waals surface area (Å²) in [6.07, 6.45) is 0.763. The third-order valence-corrected chi connectivity index (χ3v) is 5.06. The first-order chi connectivity index (χ1) is 9.94. The van der Waals surface area contributed by atoms with E-state index in [0.29, 0.717) is 18.3 Å². The number of rotatable bonds is 2. The normalized spacial score (nSPS) is 44.0. The maximum Gasteiger partial charge on any atom is 0.173 e. The third kappa shape index (κ3) is 1.81. The summed E-state index contributed by atoms with van der Waals surface area (Å²) in [5.41, 5.74) is 0.987. The number of benzene rings is 1. The average molecular weight is 292 g/mol. The summed E-state index contributed by atoms with van der Waals surface area (Å²) in [6.45, 7) is 4.61. The highest BCUT2D eigenvalue weighted by Gasteiger charge is 2.65. The van der Waals surface area contributed by atoms with Gasteiger partial charge in [0.1, 0.15) is 0 Å². The van der Waals surface area contributed by atoms with Gasteiger partial charge in [-0.15, -0.1) is 0 Å². The molecule has 114 valence electrons. The average Bonchev–Trinajstić information content (AvgIpc) is 2.81. The fraction of sp³-hybridized carbons (Fsp3) is 0.625. The van der Waals surface area contributed by atoms with Crippen molar-refractivity contribution >= 4 is 0 Å². The molecule has 0 radical (unpaired) electrons. The van der Waals surface area contributed by atoms with E-state index in [-0.39, 0.29) is 17.8 Å². The van der Waals surface area contributed by atoms with Crippen molar-refractivity contribution in [2.24, 2.45) is 11.8 Å². The maximum atomic E-state index is 9.74. The highest BCUT2D eigenvalue weighted by Crippen LogP contribution is 2.60. The van der Waals surface area contributed by atoms with E-state index in [1.165, 1.54) is 0 Å². The van der Waals surface area contributed by atoms with Crippen LogP contribution in [0.2, 0.25) is 0 Å². The SMILES string of the molecule is COc1cc([C@H]2O[C@]3(C)O[C@@]4(C)C[C@@H]3[C@@H]2CO4)ccc1O. The third-order valence-electron chi connectivity index (χ3n) is 5.06. The quantitative estimate of drug-likeness (QED) is 0.908. The molecule has 2 bridgehead atoms. The first-order valence-electron chi connectivity index (χ1n) is 7.33. The van der Waals surface area contributed by atoms with E-state index in [9.17, 15) is 5.11 Å². The van der Waals surface area contributed by atoms with Crippen molar-refractivity contribution in [1.82, 2.24) is 0 Å². The zero-order valence-electron chi connectivity index (χ0n) is 12.5. The Morgan fingerprint density at radius 3 is 2.90 bits per heavy atom. The first kappa shape index (κ1) is 13.4. The smallest absolute Gasteiger partial charge is 0.173 e. The van der Waals surface area contributed by atoms with Crippen LogP contribution in [0, 0.1) is 11.8 Å². The second kappa shape index (κ2) is 4.12. The second-order valence-corrected chi connectivity index (χ2v) is 6.51. The highest BCUT2D eigenvalue weighted by molar-refractivity contribution is 5.43. The Labute approximate surface area is 123 Å². The molecule has 3 heterocycles. The van der Waals surface area contributed by atoms with Crippen molar-refractivity contribution in [3.05, 3.63) is 23.8 Å². The molecule has 1 aromatic carbocycles. The Balaban J connectivity index is 1.69. The number of ether oxygens (including phenoxy) is 4. The summed E-state index contributed by atoms with van der Waals surface area (Å²) in [4.78, 5) is 0. The Morgan fingerprint density at radius 1 is 1.33 bits per heavy atom. The van der Waals surface area contributed by atoms with E-state index in [1.54, 1.807) is 13.2 Å². The zero-order chi connectivity index (χ0) is 14.8. The van der Waals surface area contributed by atoms with Crippen LogP contribution in [0.25, 0.3) is 0 Å². The van der Waals surface area contributed by atoms with E-state index < -0.39 is 11.6 Å². The van der Waals surface area contributed by atoms with E-state index in [1.807, 2.05) is 26.0 Å². The number of hydrogen-bond acceptors (Lipinski definition) is 5. The summed E-state index contributed by atoms with van der Waals surface area (Å²) < 4.78 is 23.4. The molecule has 0 unspecified atom stereocenters. The Bertz CT molecular complexity index is 588. The van der Waals surface area contributed by atoms with Gasteiger partial charge in [0, 0.05) is 18.3 Å². The monoisotopic (exact) mass is 292 g/mol. The van der Waals surface area contributed by atoms with Gasteiger partial charge in [-0.05, 0) is 31.5 Å². The van der Waals surface area contributed by atoms with E-state index in [0.717, 1.165) is 12.0 Å². The fourth-order valence-electron chi connectivity index (χ4n) is 4.08. The van der Waals surface area contributed by atoms with Crippen LogP contribution in [0.5, 0.6) is 11.5 Å². The van der Waals surface area contributed by atoms with Crippen molar-refractivity contribution in [2.45, 2.75) is 37.9 Å². The van der Waals surface area contributed by atoms with Crippen LogP contribution < -0.4 is 4.74 Å². The van der Waals surface area contributed by atoms with Crippen LogP contribution in [0.3, 0.4) is 0 Å². The zero-order valence-corrected chi connectivity index (χ0v) is 12.5.